The largest absolute Gasteiger partial charge is 0.507 e. The third-order valence-electron chi connectivity index (χ3n) is 5.08. The number of Topliss-reactive ketones (excluding diaryl/α,β-unsaturated/α-hetero) is 1. The first-order valence-corrected chi connectivity index (χ1v) is 10.2. The lowest BCUT2D eigenvalue weighted by molar-refractivity contribution is -0.132. The van der Waals surface area contributed by atoms with Gasteiger partial charge in [0.2, 0.25) is 0 Å². The zero-order valence-electron chi connectivity index (χ0n) is 17.8. The summed E-state index contributed by atoms with van der Waals surface area (Å²) in [5, 5.41) is 11.0. The van der Waals surface area contributed by atoms with E-state index in [1.54, 1.807) is 36.4 Å². The molecule has 0 aliphatic carbocycles. The summed E-state index contributed by atoms with van der Waals surface area (Å²) in [6.07, 6.45) is 1.38. The molecule has 4 rings (SSSR count). The van der Waals surface area contributed by atoms with Crippen molar-refractivity contribution in [2.45, 2.75) is 26.0 Å². The number of anilines is 1. The number of ether oxygens (including phenoxy) is 1. The smallest absolute Gasteiger partial charge is 0.300 e. The molecule has 1 fully saturated rings. The fourth-order valence-corrected chi connectivity index (χ4v) is 3.69. The van der Waals surface area contributed by atoms with Crippen molar-refractivity contribution in [3.05, 3.63) is 95.3 Å². The summed E-state index contributed by atoms with van der Waals surface area (Å²) >= 11 is 0. The van der Waals surface area contributed by atoms with Crippen LogP contribution in [0.1, 0.15) is 31.1 Å². The summed E-state index contributed by atoms with van der Waals surface area (Å²) in [6, 6.07) is 12.5. The number of pyridine rings is 1. The molecule has 1 aromatic heterocycles. The van der Waals surface area contributed by atoms with Crippen molar-refractivity contribution < 1.29 is 28.2 Å². The number of carbonyl (C=O) groups is 2. The first-order valence-electron chi connectivity index (χ1n) is 10.2. The molecule has 2 aromatic carbocycles. The van der Waals surface area contributed by atoms with E-state index in [0.29, 0.717) is 5.75 Å². The Hall–Kier alpha value is -4.07. The highest BCUT2D eigenvalue weighted by Gasteiger charge is 2.48. The second kappa shape index (κ2) is 8.82. The van der Waals surface area contributed by atoms with Crippen LogP contribution in [0.25, 0.3) is 5.76 Å². The molecule has 1 N–H and O–H groups in total. The molecule has 1 saturated heterocycles. The van der Waals surface area contributed by atoms with Gasteiger partial charge in [-0.25, -0.2) is 8.78 Å². The molecule has 1 unspecified atom stereocenters. The van der Waals surface area contributed by atoms with Crippen LogP contribution in [0.15, 0.2) is 72.4 Å². The third-order valence-corrected chi connectivity index (χ3v) is 5.08. The van der Waals surface area contributed by atoms with Gasteiger partial charge in [0.25, 0.3) is 11.7 Å². The van der Waals surface area contributed by atoms with Gasteiger partial charge in [0.1, 0.15) is 29.2 Å². The predicted molar refractivity (Wildman–Crippen MR) is 118 cm³/mol. The van der Waals surface area contributed by atoms with Crippen LogP contribution in [0.5, 0.6) is 5.75 Å². The number of carbonyl (C=O) groups excluding carboxylic acids is 2. The topological polar surface area (TPSA) is 79.7 Å². The second-order valence-corrected chi connectivity index (χ2v) is 7.71. The number of hydrogen-bond acceptors (Lipinski definition) is 5. The Morgan fingerprint density at radius 1 is 1.06 bits per heavy atom. The number of benzene rings is 2. The molecular formula is C25H20F2N2O4. The fraction of sp³-hybridized carbons (Fsp3) is 0.160. The first-order chi connectivity index (χ1) is 15.8. The number of aliphatic hydroxyl groups excluding tert-OH is 1. The van der Waals surface area contributed by atoms with Crippen molar-refractivity contribution in [1.82, 2.24) is 4.98 Å². The molecule has 8 heteroatoms. The molecule has 1 amide bonds. The van der Waals surface area contributed by atoms with Crippen LogP contribution < -0.4 is 9.64 Å². The van der Waals surface area contributed by atoms with Crippen LogP contribution >= 0.6 is 0 Å². The summed E-state index contributed by atoms with van der Waals surface area (Å²) in [7, 11) is 0. The van der Waals surface area contributed by atoms with E-state index in [1.807, 2.05) is 13.8 Å². The summed E-state index contributed by atoms with van der Waals surface area (Å²) in [5.74, 6) is -3.71. The number of aromatic nitrogens is 1. The van der Waals surface area contributed by atoms with Crippen LogP contribution in [0, 0.1) is 11.6 Å². The third kappa shape index (κ3) is 4.19. The molecule has 6 nitrogen and oxygen atoms in total. The molecule has 1 atom stereocenters. The summed E-state index contributed by atoms with van der Waals surface area (Å²) in [6.45, 7) is 3.74. The van der Waals surface area contributed by atoms with Crippen molar-refractivity contribution in [3.8, 4) is 5.75 Å². The maximum absolute atomic E-state index is 14.6. The van der Waals surface area contributed by atoms with Gasteiger partial charge in [0, 0.05) is 17.8 Å². The van der Waals surface area contributed by atoms with E-state index < -0.39 is 40.8 Å². The number of ketones is 1. The highest BCUT2D eigenvalue weighted by molar-refractivity contribution is 6.51. The highest BCUT2D eigenvalue weighted by Crippen LogP contribution is 2.42. The molecule has 3 aromatic rings. The number of nitrogens with zero attached hydrogens (tertiary/aromatic N) is 2. The van der Waals surface area contributed by atoms with Gasteiger partial charge in [-0.05, 0) is 62.4 Å². The Bertz CT molecular complexity index is 1240. The van der Waals surface area contributed by atoms with Crippen LogP contribution in [0.2, 0.25) is 0 Å². The van der Waals surface area contributed by atoms with Crippen molar-refractivity contribution in [2.24, 2.45) is 0 Å². The minimum Gasteiger partial charge on any atom is -0.507 e. The zero-order chi connectivity index (χ0) is 23.7. The predicted octanol–water partition coefficient (Wildman–Crippen LogP) is 4.77. The lowest BCUT2D eigenvalue weighted by Crippen LogP contribution is -2.30. The molecule has 1 aliphatic rings. The van der Waals surface area contributed by atoms with Gasteiger partial charge >= 0.3 is 0 Å². The normalized spacial score (nSPS) is 17.6. The second-order valence-electron chi connectivity index (χ2n) is 7.71. The molecular weight excluding hydrogens is 430 g/mol. The lowest BCUT2D eigenvalue weighted by atomic mass is 9.98. The SMILES string of the molecule is CC(C)Oc1ccc(/C(O)=C2\C(=O)C(=O)N(c3cc(F)ccc3F)C2c2ccccn2)cc1. The van der Waals surface area contributed by atoms with Crippen molar-refractivity contribution in [3.63, 3.8) is 0 Å². The summed E-state index contributed by atoms with van der Waals surface area (Å²) in [5.41, 5.74) is -0.237. The van der Waals surface area contributed by atoms with Gasteiger partial charge in [-0.1, -0.05) is 6.07 Å². The van der Waals surface area contributed by atoms with Gasteiger partial charge in [-0.2, -0.15) is 0 Å². The summed E-state index contributed by atoms with van der Waals surface area (Å²) < 4.78 is 34.1. The monoisotopic (exact) mass is 450 g/mol. The number of halogens is 2. The molecule has 33 heavy (non-hydrogen) atoms. The van der Waals surface area contributed by atoms with Gasteiger partial charge in [-0.3, -0.25) is 19.5 Å². The number of aliphatic hydroxyl groups is 1. The molecule has 0 bridgehead atoms. The fourth-order valence-electron chi connectivity index (χ4n) is 3.69. The quantitative estimate of drug-likeness (QED) is 0.344. The molecule has 0 saturated carbocycles. The molecule has 1 aliphatic heterocycles. The average Bonchev–Trinajstić information content (AvgIpc) is 3.06. The van der Waals surface area contributed by atoms with Crippen LogP contribution in [-0.4, -0.2) is 27.9 Å². The first kappa shape index (κ1) is 22.1. The van der Waals surface area contributed by atoms with Gasteiger partial charge < -0.3 is 9.84 Å². The number of rotatable bonds is 5. The molecule has 0 spiro atoms. The summed E-state index contributed by atoms with van der Waals surface area (Å²) in [4.78, 5) is 31.0. The van der Waals surface area contributed by atoms with E-state index in [0.717, 1.165) is 23.1 Å². The molecule has 2 heterocycles. The Kier molecular flexibility index (Phi) is 5.91. The zero-order valence-corrected chi connectivity index (χ0v) is 17.8. The average molecular weight is 450 g/mol. The minimum absolute atomic E-state index is 0.0555. The molecule has 168 valence electrons. The van der Waals surface area contributed by atoms with Crippen molar-refractivity contribution in [2.75, 3.05) is 4.90 Å². The lowest BCUT2D eigenvalue weighted by Gasteiger charge is -2.25. The van der Waals surface area contributed by atoms with E-state index in [-0.39, 0.29) is 22.9 Å². The van der Waals surface area contributed by atoms with Crippen LogP contribution in [0.4, 0.5) is 14.5 Å². The van der Waals surface area contributed by atoms with E-state index >= 15 is 0 Å². The van der Waals surface area contributed by atoms with E-state index in [2.05, 4.69) is 4.98 Å². The Morgan fingerprint density at radius 2 is 1.79 bits per heavy atom. The molecule has 0 radical (unpaired) electrons. The standard InChI is InChI=1S/C25H20F2N2O4/c1-14(2)33-17-9-6-15(7-10-17)23(30)21-22(19-5-3-4-12-28-19)29(25(32)24(21)31)20-13-16(26)8-11-18(20)27/h3-14,22,30H,1-2H3/b23-21+. The van der Waals surface area contributed by atoms with Gasteiger partial charge in [0.15, 0.2) is 0 Å². The van der Waals surface area contributed by atoms with Crippen LogP contribution in [-0.2, 0) is 9.59 Å². The number of hydrogen-bond donors (Lipinski definition) is 1. The van der Waals surface area contributed by atoms with Crippen molar-refractivity contribution in [1.29, 1.82) is 0 Å². The van der Waals surface area contributed by atoms with Crippen molar-refractivity contribution >= 4 is 23.1 Å². The van der Waals surface area contributed by atoms with E-state index in [4.69, 9.17) is 4.74 Å². The van der Waals surface area contributed by atoms with E-state index in [9.17, 15) is 23.5 Å². The van der Waals surface area contributed by atoms with E-state index in [1.165, 1.54) is 12.3 Å². The number of amides is 1. The maximum Gasteiger partial charge on any atom is 0.300 e. The minimum atomic E-state index is -1.26. The Labute approximate surface area is 188 Å². The maximum atomic E-state index is 14.6. The van der Waals surface area contributed by atoms with Gasteiger partial charge in [0.05, 0.1) is 23.1 Å². The van der Waals surface area contributed by atoms with Crippen LogP contribution in [0.3, 0.4) is 0 Å². The Balaban J connectivity index is 1.88. The highest BCUT2D eigenvalue weighted by atomic mass is 19.1. The van der Waals surface area contributed by atoms with Gasteiger partial charge in [-0.15, -0.1) is 0 Å². The Morgan fingerprint density at radius 3 is 2.42 bits per heavy atom.